The van der Waals surface area contributed by atoms with Crippen LogP contribution in [-0.4, -0.2) is 28.0 Å². The van der Waals surface area contributed by atoms with Gasteiger partial charge in [-0.05, 0) is 18.2 Å². The Morgan fingerprint density at radius 1 is 1.12 bits per heavy atom. The molecule has 0 spiro atoms. The van der Waals surface area contributed by atoms with Gasteiger partial charge in [0.05, 0.1) is 5.56 Å². The largest absolute Gasteiger partial charge is 0.478 e. The molecule has 0 aliphatic carbocycles. The summed E-state index contributed by atoms with van der Waals surface area (Å²) in [7, 11) is 0. The van der Waals surface area contributed by atoms with E-state index < -0.39 is 5.97 Å². The summed E-state index contributed by atoms with van der Waals surface area (Å²) in [5.41, 5.74) is 2.30. The van der Waals surface area contributed by atoms with E-state index in [9.17, 15) is 14.7 Å². The zero-order valence-corrected chi connectivity index (χ0v) is 13.7. The summed E-state index contributed by atoms with van der Waals surface area (Å²) in [6, 6.07) is 15.2. The summed E-state index contributed by atoms with van der Waals surface area (Å²) in [6.45, 7) is 0. The third-order valence-electron chi connectivity index (χ3n) is 3.50. The molecule has 0 saturated heterocycles. The molecule has 0 atom stereocenters. The maximum Gasteiger partial charge on any atom is 0.336 e. The normalized spacial score (nSPS) is 10.4. The van der Waals surface area contributed by atoms with Crippen LogP contribution in [0.25, 0.3) is 22.6 Å². The van der Waals surface area contributed by atoms with Crippen LogP contribution in [0.3, 0.4) is 0 Å². The maximum absolute atomic E-state index is 11.4. The van der Waals surface area contributed by atoms with E-state index >= 15 is 0 Å². The number of carbonyl (C=O) groups excluding carboxylic acids is 1. The smallest absolute Gasteiger partial charge is 0.336 e. The highest BCUT2D eigenvalue weighted by atomic mass is 35.5. The average Bonchev–Trinajstić information content (AvgIpc) is 3.12. The van der Waals surface area contributed by atoms with Gasteiger partial charge in [0.25, 0.3) is 0 Å². The highest BCUT2D eigenvalue weighted by Gasteiger charge is 2.15. The number of alkyl halides is 1. The minimum Gasteiger partial charge on any atom is -0.478 e. The topological polar surface area (TPSA) is 92.4 Å². The SMILES string of the molecule is O=C(CCl)Nc1cccc(-c2cc(-c3ccccc3C(=O)O)no2)c1. The average molecular weight is 357 g/mol. The van der Waals surface area contributed by atoms with Crippen molar-refractivity contribution in [1.29, 1.82) is 0 Å². The second-order valence-electron chi connectivity index (χ2n) is 5.19. The molecule has 0 saturated carbocycles. The van der Waals surface area contributed by atoms with Crippen molar-refractivity contribution in [2.45, 2.75) is 0 Å². The van der Waals surface area contributed by atoms with Crippen LogP contribution >= 0.6 is 11.6 Å². The van der Waals surface area contributed by atoms with Crippen molar-refractivity contribution in [3.63, 3.8) is 0 Å². The molecule has 1 heterocycles. The third kappa shape index (κ3) is 3.70. The molecule has 25 heavy (non-hydrogen) atoms. The lowest BCUT2D eigenvalue weighted by molar-refractivity contribution is -0.113. The number of halogens is 1. The predicted molar refractivity (Wildman–Crippen MR) is 93.7 cm³/mol. The maximum atomic E-state index is 11.4. The molecule has 1 amide bonds. The zero-order valence-electron chi connectivity index (χ0n) is 12.9. The lowest BCUT2D eigenvalue weighted by Gasteiger charge is -2.04. The Labute approximate surface area is 148 Å². The molecule has 0 fully saturated rings. The van der Waals surface area contributed by atoms with E-state index in [4.69, 9.17) is 16.1 Å². The first-order chi connectivity index (χ1) is 12.1. The molecule has 126 valence electrons. The van der Waals surface area contributed by atoms with E-state index in [1.165, 1.54) is 6.07 Å². The molecule has 1 aromatic heterocycles. The van der Waals surface area contributed by atoms with Gasteiger partial charge in [-0.2, -0.15) is 0 Å². The number of carbonyl (C=O) groups is 2. The summed E-state index contributed by atoms with van der Waals surface area (Å²) in [5.74, 6) is -1.03. The Morgan fingerprint density at radius 2 is 1.92 bits per heavy atom. The first-order valence-electron chi connectivity index (χ1n) is 7.34. The minimum atomic E-state index is -1.04. The molecule has 2 N–H and O–H groups in total. The Balaban J connectivity index is 1.94. The van der Waals surface area contributed by atoms with Crippen LogP contribution < -0.4 is 5.32 Å². The number of aromatic carboxylic acids is 1. The molecule has 7 heteroatoms. The first kappa shape index (κ1) is 16.7. The molecule has 6 nitrogen and oxygen atoms in total. The van der Waals surface area contributed by atoms with Gasteiger partial charge in [-0.25, -0.2) is 4.79 Å². The number of rotatable bonds is 5. The van der Waals surface area contributed by atoms with Crippen LogP contribution in [0, 0.1) is 0 Å². The molecule has 0 aliphatic heterocycles. The van der Waals surface area contributed by atoms with Gasteiger partial charge in [-0.1, -0.05) is 35.5 Å². The molecule has 3 aromatic rings. The number of nitrogens with one attached hydrogen (secondary N) is 1. The lowest BCUT2D eigenvalue weighted by Crippen LogP contribution is -2.12. The summed E-state index contributed by atoms with van der Waals surface area (Å²) < 4.78 is 5.34. The van der Waals surface area contributed by atoms with Crippen molar-refractivity contribution >= 4 is 29.2 Å². The Bertz CT molecular complexity index is 936. The van der Waals surface area contributed by atoms with Gasteiger partial charge in [-0.3, -0.25) is 4.79 Å². The fourth-order valence-electron chi connectivity index (χ4n) is 2.38. The van der Waals surface area contributed by atoms with Gasteiger partial charge >= 0.3 is 5.97 Å². The zero-order chi connectivity index (χ0) is 17.8. The van der Waals surface area contributed by atoms with Crippen molar-refractivity contribution < 1.29 is 19.2 Å². The Kier molecular flexibility index (Phi) is 4.81. The minimum absolute atomic E-state index is 0.136. The molecule has 3 rings (SSSR count). The van der Waals surface area contributed by atoms with E-state index in [2.05, 4.69) is 10.5 Å². The van der Waals surface area contributed by atoms with E-state index in [1.54, 1.807) is 48.5 Å². The third-order valence-corrected chi connectivity index (χ3v) is 3.74. The second kappa shape index (κ2) is 7.19. The van der Waals surface area contributed by atoms with Crippen LogP contribution in [0.2, 0.25) is 0 Å². The molecular weight excluding hydrogens is 344 g/mol. The van der Waals surface area contributed by atoms with Gasteiger partial charge in [0.1, 0.15) is 11.6 Å². The highest BCUT2D eigenvalue weighted by Crippen LogP contribution is 2.29. The van der Waals surface area contributed by atoms with Gasteiger partial charge < -0.3 is 14.9 Å². The summed E-state index contributed by atoms with van der Waals surface area (Å²) in [5, 5.41) is 15.9. The summed E-state index contributed by atoms with van der Waals surface area (Å²) in [6.07, 6.45) is 0. The standard InChI is InChI=1S/C18H13ClN2O4/c19-10-17(22)20-12-5-3-4-11(8-12)16-9-15(21-25-16)13-6-1-2-7-14(13)18(23)24/h1-9H,10H2,(H,20,22)(H,23,24). The molecule has 0 radical (unpaired) electrons. The van der Waals surface area contributed by atoms with Crippen molar-refractivity contribution in [3.05, 3.63) is 60.2 Å². The van der Waals surface area contributed by atoms with Crippen LogP contribution in [0.15, 0.2) is 59.1 Å². The number of nitrogens with zero attached hydrogens (tertiary/aromatic N) is 1. The van der Waals surface area contributed by atoms with Gasteiger partial charge in [-0.15, -0.1) is 11.6 Å². The summed E-state index contributed by atoms with van der Waals surface area (Å²) >= 11 is 5.48. The van der Waals surface area contributed by atoms with Gasteiger partial charge in [0.2, 0.25) is 5.91 Å². The van der Waals surface area contributed by atoms with Crippen LogP contribution in [-0.2, 0) is 4.79 Å². The number of carboxylic acids is 1. The Morgan fingerprint density at radius 3 is 2.68 bits per heavy atom. The number of aromatic nitrogens is 1. The Hall–Kier alpha value is -3.12. The molecular formula is C18H13ClN2O4. The number of hydrogen-bond donors (Lipinski definition) is 2. The van der Waals surface area contributed by atoms with Gasteiger partial charge in [0, 0.05) is 22.9 Å². The van der Waals surface area contributed by atoms with Crippen molar-refractivity contribution in [3.8, 4) is 22.6 Å². The van der Waals surface area contributed by atoms with E-state index in [0.717, 1.165) is 0 Å². The molecule has 0 aliphatic rings. The lowest BCUT2D eigenvalue weighted by atomic mass is 10.0. The first-order valence-corrected chi connectivity index (χ1v) is 7.87. The number of amides is 1. The monoisotopic (exact) mass is 356 g/mol. The number of carboxylic acid groups (broad SMARTS) is 1. The van der Waals surface area contributed by atoms with Crippen LogP contribution in [0.1, 0.15) is 10.4 Å². The van der Waals surface area contributed by atoms with Crippen molar-refractivity contribution in [2.24, 2.45) is 0 Å². The molecule has 2 aromatic carbocycles. The van der Waals surface area contributed by atoms with E-state index in [0.29, 0.717) is 28.3 Å². The molecule has 0 unspecified atom stereocenters. The van der Waals surface area contributed by atoms with Crippen LogP contribution in [0.5, 0.6) is 0 Å². The second-order valence-corrected chi connectivity index (χ2v) is 5.46. The molecule has 0 bridgehead atoms. The fraction of sp³-hybridized carbons (Fsp3) is 0.0556. The number of benzene rings is 2. The summed E-state index contributed by atoms with van der Waals surface area (Å²) in [4.78, 5) is 22.7. The quantitative estimate of drug-likeness (QED) is 0.677. The van der Waals surface area contributed by atoms with Gasteiger partial charge in [0.15, 0.2) is 5.76 Å². The number of hydrogen-bond acceptors (Lipinski definition) is 4. The van der Waals surface area contributed by atoms with Crippen molar-refractivity contribution in [2.75, 3.05) is 11.2 Å². The number of anilines is 1. The predicted octanol–water partition coefficient (Wildman–Crippen LogP) is 3.88. The van der Waals surface area contributed by atoms with Crippen LogP contribution in [0.4, 0.5) is 5.69 Å². The van der Waals surface area contributed by atoms with E-state index in [-0.39, 0.29) is 17.4 Å². The van der Waals surface area contributed by atoms with E-state index in [1.807, 2.05) is 0 Å². The highest BCUT2D eigenvalue weighted by molar-refractivity contribution is 6.29. The fourth-order valence-corrected chi connectivity index (χ4v) is 2.44. The van der Waals surface area contributed by atoms with Crippen molar-refractivity contribution in [1.82, 2.24) is 5.16 Å².